The van der Waals surface area contributed by atoms with Crippen LogP contribution in [0.3, 0.4) is 0 Å². The summed E-state index contributed by atoms with van der Waals surface area (Å²) in [6.45, 7) is 6.72. The molecule has 5 aromatic carbocycles. The molecule has 2 heterocycles. The monoisotopic (exact) mass is 819 g/mol. The second-order valence-corrected chi connectivity index (χ2v) is 13.9. The van der Waals surface area contributed by atoms with E-state index in [4.69, 9.17) is 9.97 Å². The fourth-order valence-corrected chi connectivity index (χ4v) is 6.96. The van der Waals surface area contributed by atoms with Gasteiger partial charge in [-0.05, 0) is 89.8 Å². The minimum absolute atomic E-state index is 0. The van der Waals surface area contributed by atoms with Crippen molar-refractivity contribution in [2.75, 3.05) is 0 Å². The third-order valence-electron chi connectivity index (χ3n) is 9.57. The number of aromatic nitrogens is 3. The zero-order chi connectivity index (χ0) is 32.8. The molecule has 0 fully saturated rings. The minimum atomic E-state index is -0.104. The van der Waals surface area contributed by atoms with E-state index in [0.717, 1.165) is 80.9 Å². The van der Waals surface area contributed by atoms with Crippen molar-refractivity contribution in [3.8, 4) is 56.3 Å². The average Bonchev–Trinajstić information content (AvgIpc) is 3.51. The van der Waals surface area contributed by atoms with E-state index in [9.17, 15) is 5.11 Å². The predicted molar refractivity (Wildman–Crippen MR) is 196 cm³/mol. The van der Waals surface area contributed by atoms with E-state index in [0.29, 0.717) is 0 Å². The van der Waals surface area contributed by atoms with Gasteiger partial charge in [-0.2, -0.15) is 0 Å². The van der Waals surface area contributed by atoms with Gasteiger partial charge < -0.3 is 5.11 Å². The van der Waals surface area contributed by atoms with Gasteiger partial charge in [0.2, 0.25) is 0 Å². The molecule has 0 saturated heterocycles. The van der Waals surface area contributed by atoms with Gasteiger partial charge in [0.15, 0.2) is 0 Å². The van der Waals surface area contributed by atoms with Crippen LogP contribution in [0.25, 0.3) is 61.6 Å². The average molecular weight is 820 g/mol. The number of para-hydroxylation sites is 2. The number of fused-ring (bicyclic) bond motifs is 2. The fourth-order valence-electron chi connectivity index (χ4n) is 6.96. The molecule has 0 atom stereocenters. The van der Waals surface area contributed by atoms with E-state index in [2.05, 4.69) is 116 Å². The van der Waals surface area contributed by atoms with Gasteiger partial charge in [0, 0.05) is 38.6 Å². The third kappa shape index (κ3) is 6.27. The van der Waals surface area contributed by atoms with Crippen molar-refractivity contribution in [2.45, 2.75) is 51.9 Å². The van der Waals surface area contributed by atoms with Crippen LogP contribution in [0.4, 0.5) is 0 Å². The molecule has 7 aromatic rings. The van der Waals surface area contributed by atoms with Crippen LogP contribution in [0, 0.1) is 6.07 Å². The second-order valence-electron chi connectivity index (χ2n) is 13.9. The van der Waals surface area contributed by atoms with E-state index >= 15 is 0 Å². The van der Waals surface area contributed by atoms with Crippen LogP contribution in [0.2, 0.25) is 0 Å². The quantitative estimate of drug-likeness (QED) is 0.176. The number of aromatic hydroxyl groups is 1. The summed E-state index contributed by atoms with van der Waals surface area (Å²) in [6.07, 6.45) is 6.25. The van der Waals surface area contributed by atoms with Crippen LogP contribution >= 0.6 is 0 Å². The molecule has 2 aromatic heterocycles. The predicted octanol–water partition coefficient (Wildman–Crippen LogP) is 10.8. The number of rotatable bonds is 5. The Balaban J connectivity index is 0.00000378. The first kappa shape index (κ1) is 32.7. The summed E-state index contributed by atoms with van der Waals surface area (Å²) in [6, 6.07) is 43.7. The molecular formula is C44H38N3OPt-. The molecule has 5 heteroatoms. The summed E-state index contributed by atoms with van der Waals surface area (Å²) in [4.78, 5) is 10.2. The summed E-state index contributed by atoms with van der Waals surface area (Å²) >= 11 is 0. The van der Waals surface area contributed by atoms with Gasteiger partial charge >= 0.3 is 0 Å². The van der Waals surface area contributed by atoms with Crippen molar-refractivity contribution in [1.82, 2.24) is 14.5 Å². The number of imidazole rings is 1. The smallest absolute Gasteiger partial charge is 0.148 e. The Bertz CT molecular complexity index is 2280. The summed E-state index contributed by atoms with van der Waals surface area (Å²) in [5, 5.41) is 11.4. The zero-order valence-electron chi connectivity index (χ0n) is 28.0. The first-order valence-electron chi connectivity index (χ1n) is 16.9. The SMILES string of the molecule is CC(C)(C)c1cc(-c2cc(-c3ccccc3)ccn2)[c-]c(-c2cccc3c2nc(-c2cc4c(cc2O)CCCC4)n3-c2ccccc2)c1.[Pt]. The van der Waals surface area contributed by atoms with E-state index < -0.39 is 0 Å². The van der Waals surface area contributed by atoms with Gasteiger partial charge in [0.05, 0.1) is 16.6 Å². The number of aryl methyl sites for hydroxylation is 2. The van der Waals surface area contributed by atoms with Gasteiger partial charge in [-0.3, -0.25) is 9.55 Å². The summed E-state index contributed by atoms with van der Waals surface area (Å²) in [5.74, 6) is 1.01. The molecule has 0 spiro atoms. The maximum absolute atomic E-state index is 11.4. The second kappa shape index (κ2) is 13.3. The number of pyridine rings is 1. The first-order chi connectivity index (χ1) is 23.3. The van der Waals surface area contributed by atoms with Crippen molar-refractivity contribution in [3.63, 3.8) is 0 Å². The van der Waals surface area contributed by atoms with Crippen molar-refractivity contribution >= 4 is 11.0 Å². The Kier molecular flexibility index (Phi) is 8.86. The molecule has 49 heavy (non-hydrogen) atoms. The molecule has 1 aliphatic carbocycles. The molecule has 0 amide bonds. The van der Waals surface area contributed by atoms with Crippen LogP contribution in [0.5, 0.6) is 5.75 Å². The number of hydrogen-bond acceptors (Lipinski definition) is 3. The molecular weight excluding hydrogens is 782 g/mol. The van der Waals surface area contributed by atoms with Gasteiger partial charge in [0.1, 0.15) is 11.6 Å². The van der Waals surface area contributed by atoms with Gasteiger partial charge in [-0.15, -0.1) is 29.3 Å². The Morgan fingerprint density at radius 3 is 2.12 bits per heavy atom. The van der Waals surface area contributed by atoms with Crippen LogP contribution < -0.4 is 0 Å². The first-order valence-corrected chi connectivity index (χ1v) is 16.9. The van der Waals surface area contributed by atoms with Crippen molar-refractivity contribution in [2.24, 2.45) is 0 Å². The maximum Gasteiger partial charge on any atom is 0.148 e. The topological polar surface area (TPSA) is 50.9 Å². The van der Waals surface area contributed by atoms with Crippen LogP contribution in [0.15, 0.2) is 121 Å². The number of phenols is 1. The largest absolute Gasteiger partial charge is 0.507 e. The number of phenolic OH excluding ortho intramolecular Hbond substituents is 1. The molecule has 1 aliphatic rings. The van der Waals surface area contributed by atoms with Crippen LogP contribution in [0.1, 0.15) is 50.3 Å². The van der Waals surface area contributed by atoms with Crippen LogP contribution in [-0.4, -0.2) is 19.6 Å². The van der Waals surface area contributed by atoms with E-state index in [1.54, 1.807) is 0 Å². The Morgan fingerprint density at radius 1 is 0.694 bits per heavy atom. The minimum Gasteiger partial charge on any atom is -0.507 e. The number of hydrogen-bond donors (Lipinski definition) is 1. The molecule has 0 saturated carbocycles. The van der Waals surface area contributed by atoms with E-state index in [-0.39, 0.29) is 32.2 Å². The Morgan fingerprint density at radius 2 is 1.39 bits per heavy atom. The molecule has 0 bridgehead atoms. The molecule has 1 N–H and O–H groups in total. The van der Waals surface area contributed by atoms with Gasteiger partial charge in [0.25, 0.3) is 0 Å². The molecule has 0 unspecified atom stereocenters. The normalized spacial score (nSPS) is 12.8. The van der Waals surface area contributed by atoms with Crippen molar-refractivity contribution in [3.05, 3.63) is 144 Å². The summed E-state index contributed by atoms with van der Waals surface area (Å²) in [5.41, 5.74) is 13.3. The van der Waals surface area contributed by atoms with Gasteiger partial charge in [-0.25, -0.2) is 4.98 Å². The zero-order valence-corrected chi connectivity index (χ0v) is 30.3. The van der Waals surface area contributed by atoms with Crippen molar-refractivity contribution in [1.29, 1.82) is 0 Å². The number of benzene rings is 5. The van der Waals surface area contributed by atoms with E-state index in [1.807, 2.05) is 36.5 Å². The Labute approximate surface area is 302 Å². The van der Waals surface area contributed by atoms with Crippen molar-refractivity contribution < 1.29 is 26.2 Å². The Hall–Kier alpha value is -4.79. The fraction of sp³-hybridized carbons (Fsp3) is 0.182. The number of nitrogens with zero attached hydrogens (tertiary/aromatic N) is 3. The van der Waals surface area contributed by atoms with E-state index in [1.165, 1.54) is 23.1 Å². The molecule has 246 valence electrons. The standard InChI is InChI=1S/C44H38N3O.Pt/c1-44(2,3)35-24-33(23-34(25-35)39-27-32(21-22-45-39)29-13-6-4-7-14-29)37-19-12-20-40-42(37)46-43(47(40)36-17-8-5-9-18-36)38-26-30-15-10-11-16-31(30)28-41(38)48;/h4-9,12-14,17-22,24-28,48H,10-11,15-16H2,1-3H3;/q-1;. The van der Waals surface area contributed by atoms with Crippen LogP contribution in [-0.2, 0) is 39.3 Å². The summed E-state index contributed by atoms with van der Waals surface area (Å²) < 4.78 is 2.18. The summed E-state index contributed by atoms with van der Waals surface area (Å²) in [7, 11) is 0. The van der Waals surface area contributed by atoms with Gasteiger partial charge in [-0.1, -0.05) is 98.6 Å². The maximum atomic E-state index is 11.4. The molecule has 4 nitrogen and oxygen atoms in total. The molecule has 0 radical (unpaired) electrons. The molecule has 0 aliphatic heterocycles. The molecule has 8 rings (SSSR count). The third-order valence-corrected chi connectivity index (χ3v) is 9.57.